The Labute approximate surface area is 251 Å². The summed E-state index contributed by atoms with van der Waals surface area (Å²) < 4.78 is 0. The Hall–Kier alpha value is -5.60. The Balaban J connectivity index is 1.33. The molecule has 0 fully saturated rings. The molecule has 8 rings (SSSR count). The zero-order chi connectivity index (χ0) is 28.8. The molecular weight excluding hydrogens is 520 g/mol. The van der Waals surface area contributed by atoms with E-state index in [0.717, 1.165) is 28.1 Å². The molecule has 0 aliphatic rings. The fraction of sp³-hybridized carbons (Fsp3) is 0.0244. The van der Waals surface area contributed by atoms with Gasteiger partial charge >= 0.3 is 0 Å². The second kappa shape index (κ2) is 10.3. The van der Waals surface area contributed by atoms with Gasteiger partial charge in [-0.15, -0.1) is 0 Å². The van der Waals surface area contributed by atoms with Crippen molar-refractivity contribution in [3.05, 3.63) is 157 Å². The van der Waals surface area contributed by atoms with Crippen LogP contribution in [0.5, 0.6) is 0 Å². The zero-order valence-electron chi connectivity index (χ0n) is 23.8. The zero-order valence-corrected chi connectivity index (χ0v) is 23.8. The Morgan fingerprint density at radius 1 is 0.442 bits per heavy atom. The van der Waals surface area contributed by atoms with E-state index in [1.807, 2.05) is 18.5 Å². The summed E-state index contributed by atoms with van der Waals surface area (Å²) in [6.45, 7) is 2.07. The van der Waals surface area contributed by atoms with Gasteiger partial charge in [-0.25, -0.2) is 0 Å². The summed E-state index contributed by atoms with van der Waals surface area (Å²) >= 11 is 0. The molecule has 6 aromatic carbocycles. The highest BCUT2D eigenvalue weighted by atomic mass is 14.8. The largest absolute Gasteiger partial charge is 0.254 e. The van der Waals surface area contributed by atoms with Gasteiger partial charge in [-0.1, -0.05) is 121 Å². The lowest BCUT2D eigenvalue weighted by Crippen LogP contribution is -1.92. The van der Waals surface area contributed by atoms with Crippen LogP contribution in [0.15, 0.2) is 152 Å². The molecule has 0 radical (unpaired) electrons. The summed E-state index contributed by atoms with van der Waals surface area (Å²) in [6, 6.07) is 50.1. The molecular formula is C41H28N2. The van der Waals surface area contributed by atoms with Crippen LogP contribution in [-0.2, 0) is 0 Å². The maximum atomic E-state index is 4.80. The number of benzene rings is 6. The quantitative estimate of drug-likeness (QED) is 0.204. The molecule has 0 amide bonds. The molecule has 0 aliphatic heterocycles. The molecule has 0 unspecified atom stereocenters. The van der Waals surface area contributed by atoms with Crippen LogP contribution in [0.3, 0.4) is 0 Å². The van der Waals surface area contributed by atoms with E-state index in [0.29, 0.717) is 0 Å². The number of fused-ring (bicyclic) bond motifs is 3. The van der Waals surface area contributed by atoms with Gasteiger partial charge in [0, 0.05) is 18.0 Å². The van der Waals surface area contributed by atoms with E-state index in [2.05, 4.69) is 145 Å². The first-order valence-corrected chi connectivity index (χ1v) is 14.7. The number of aromatic nitrogens is 2. The molecule has 8 aromatic rings. The third kappa shape index (κ3) is 4.27. The second-order valence-corrected chi connectivity index (χ2v) is 11.0. The molecule has 43 heavy (non-hydrogen) atoms. The fourth-order valence-electron chi connectivity index (χ4n) is 6.49. The number of nitrogens with zero attached hydrogens (tertiary/aromatic N) is 2. The molecule has 0 saturated heterocycles. The highest BCUT2D eigenvalue weighted by Crippen LogP contribution is 2.45. The van der Waals surface area contributed by atoms with Crippen molar-refractivity contribution in [3.63, 3.8) is 0 Å². The van der Waals surface area contributed by atoms with Crippen LogP contribution in [0, 0.1) is 6.92 Å². The van der Waals surface area contributed by atoms with Crippen molar-refractivity contribution >= 4 is 32.3 Å². The Bertz CT molecular complexity index is 2240. The molecule has 0 spiro atoms. The minimum atomic E-state index is 0.888. The topological polar surface area (TPSA) is 25.8 Å². The molecule has 0 bridgehead atoms. The first-order valence-electron chi connectivity index (χ1n) is 14.7. The van der Waals surface area contributed by atoms with Gasteiger partial charge in [0.2, 0.25) is 0 Å². The number of hydrogen-bond donors (Lipinski definition) is 0. The van der Waals surface area contributed by atoms with Gasteiger partial charge in [-0.2, -0.15) is 0 Å². The van der Waals surface area contributed by atoms with Gasteiger partial charge < -0.3 is 0 Å². The van der Waals surface area contributed by atoms with Gasteiger partial charge in [0.05, 0.1) is 11.4 Å². The molecule has 2 heteroatoms. The lowest BCUT2D eigenvalue weighted by Gasteiger charge is -2.19. The average Bonchev–Trinajstić information content (AvgIpc) is 3.07. The van der Waals surface area contributed by atoms with Crippen molar-refractivity contribution in [1.82, 2.24) is 9.97 Å². The Morgan fingerprint density at radius 3 is 1.77 bits per heavy atom. The third-order valence-corrected chi connectivity index (χ3v) is 8.49. The van der Waals surface area contributed by atoms with E-state index in [-0.39, 0.29) is 0 Å². The van der Waals surface area contributed by atoms with Crippen molar-refractivity contribution in [1.29, 1.82) is 0 Å². The van der Waals surface area contributed by atoms with Crippen LogP contribution in [0.4, 0.5) is 0 Å². The van der Waals surface area contributed by atoms with Gasteiger partial charge in [-0.3, -0.25) is 9.97 Å². The minimum absolute atomic E-state index is 0.888. The summed E-state index contributed by atoms with van der Waals surface area (Å²) in [5.41, 5.74) is 10.2. The van der Waals surface area contributed by atoms with Crippen molar-refractivity contribution in [2.45, 2.75) is 6.92 Å². The lowest BCUT2D eigenvalue weighted by molar-refractivity contribution is 1.21. The lowest BCUT2D eigenvalue weighted by atomic mass is 9.84. The summed E-state index contributed by atoms with van der Waals surface area (Å²) in [5.74, 6) is 0. The fourth-order valence-corrected chi connectivity index (χ4v) is 6.49. The predicted molar refractivity (Wildman–Crippen MR) is 181 cm³/mol. The third-order valence-electron chi connectivity index (χ3n) is 8.49. The SMILES string of the molecule is Cc1cccnc1-c1ccc(-c2cccc(-c3c4ccccc4c(-c4cccc5ccccc45)c4ccccc34)c2)cn1. The summed E-state index contributed by atoms with van der Waals surface area (Å²) in [7, 11) is 0. The monoisotopic (exact) mass is 548 g/mol. The normalized spacial score (nSPS) is 11.4. The average molecular weight is 549 g/mol. The smallest absolute Gasteiger partial charge is 0.0915 e. The van der Waals surface area contributed by atoms with Crippen LogP contribution in [0.25, 0.3) is 77.1 Å². The molecule has 0 atom stereocenters. The van der Waals surface area contributed by atoms with E-state index < -0.39 is 0 Å². The van der Waals surface area contributed by atoms with Gasteiger partial charge in [-0.05, 0) is 90.8 Å². The summed E-state index contributed by atoms with van der Waals surface area (Å²) in [6.07, 6.45) is 3.78. The van der Waals surface area contributed by atoms with E-state index in [1.54, 1.807) is 0 Å². The van der Waals surface area contributed by atoms with Crippen LogP contribution in [0.2, 0.25) is 0 Å². The number of hydrogen-bond acceptors (Lipinski definition) is 2. The Morgan fingerprint density at radius 2 is 1.07 bits per heavy atom. The van der Waals surface area contributed by atoms with Crippen LogP contribution >= 0.6 is 0 Å². The maximum Gasteiger partial charge on any atom is 0.0915 e. The van der Waals surface area contributed by atoms with E-state index >= 15 is 0 Å². The molecule has 0 saturated carbocycles. The number of aryl methyl sites for hydroxylation is 1. The van der Waals surface area contributed by atoms with E-state index in [4.69, 9.17) is 4.98 Å². The first-order chi connectivity index (χ1) is 21.3. The van der Waals surface area contributed by atoms with E-state index in [1.165, 1.54) is 54.6 Å². The molecule has 0 aliphatic carbocycles. The van der Waals surface area contributed by atoms with Crippen molar-refractivity contribution in [3.8, 4) is 44.8 Å². The highest BCUT2D eigenvalue weighted by Gasteiger charge is 2.18. The number of pyridine rings is 2. The molecule has 2 aromatic heterocycles. The summed E-state index contributed by atoms with van der Waals surface area (Å²) in [5, 5.41) is 7.54. The van der Waals surface area contributed by atoms with Crippen LogP contribution < -0.4 is 0 Å². The van der Waals surface area contributed by atoms with Gasteiger partial charge in [0.25, 0.3) is 0 Å². The van der Waals surface area contributed by atoms with E-state index in [9.17, 15) is 0 Å². The molecule has 2 nitrogen and oxygen atoms in total. The van der Waals surface area contributed by atoms with Crippen molar-refractivity contribution in [2.24, 2.45) is 0 Å². The van der Waals surface area contributed by atoms with Crippen molar-refractivity contribution in [2.75, 3.05) is 0 Å². The first kappa shape index (κ1) is 25.1. The summed E-state index contributed by atoms with van der Waals surface area (Å²) in [4.78, 5) is 9.34. The maximum absolute atomic E-state index is 4.80. The standard InChI is InChI=1S/C41H28N2/c1-27-11-10-24-42-41(27)38-23-22-31(26-43-38)29-14-8-15-30(25-29)39-34-17-4-6-19-36(34)40(37-20-7-5-18-35(37)39)33-21-9-13-28-12-2-3-16-32(28)33/h2-26H,1H3. The Kier molecular flexibility index (Phi) is 6.05. The molecule has 0 N–H and O–H groups in total. The highest BCUT2D eigenvalue weighted by molar-refractivity contribution is 6.23. The molecule has 202 valence electrons. The van der Waals surface area contributed by atoms with Crippen molar-refractivity contribution < 1.29 is 0 Å². The van der Waals surface area contributed by atoms with Gasteiger partial charge in [0.1, 0.15) is 0 Å². The molecule has 2 heterocycles. The minimum Gasteiger partial charge on any atom is -0.254 e. The van der Waals surface area contributed by atoms with Crippen LogP contribution in [-0.4, -0.2) is 9.97 Å². The predicted octanol–water partition coefficient (Wildman–Crippen LogP) is 10.9. The van der Waals surface area contributed by atoms with Gasteiger partial charge in [0.15, 0.2) is 0 Å². The number of rotatable bonds is 4. The van der Waals surface area contributed by atoms with Crippen LogP contribution in [0.1, 0.15) is 5.56 Å². The second-order valence-electron chi connectivity index (χ2n) is 11.0.